The Bertz CT molecular complexity index is 923. The molecule has 1 fully saturated rings. The summed E-state index contributed by atoms with van der Waals surface area (Å²) >= 11 is 5.06. The Morgan fingerprint density at radius 2 is 1.73 bits per heavy atom. The van der Waals surface area contributed by atoms with Gasteiger partial charge >= 0.3 is 0 Å². The van der Waals surface area contributed by atoms with Crippen LogP contribution in [0.4, 0.5) is 15.8 Å². The molecule has 26 heavy (non-hydrogen) atoms. The topological polar surface area (TPSA) is 52.7 Å². The van der Waals surface area contributed by atoms with E-state index in [1.807, 2.05) is 31.1 Å². The van der Waals surface area contributed by atoms with E-state index in [4.69, 9.17) is 12.2 Å². The second kappa shape index (κ2) is 7.05. The van der Waals surface area contributed by atoms with Gasteiger partial charge in [-0.1, -0.05) is 24.3 Å². The van der Waals surface area contributed by atoms with Crippen LogP contribution >= 0.6 is 12.2 Å². The number of hydrogen-bond acceptors (Lipinski definition) is 4. The third kappa shape index (κ3) is 3.34. The molecule has 132 valence electrons. The number of para-hydroxylation sites is 1. The van der Waals surface area contributed by atoms with Gasteiger partial charge in [0.15, 0.2) is 5.11 Å². The Balaban J connectivity index is 1.99. The lowest BCUT2D eigenvalue weighted by Gasteiger charge is -2.29. The molecule has 7 heteroatoms. The van der Waals surface area contributed by atoms with Gasteiger partial charge in [-0.2, -0.15) is 0 Å². The largest absolute Gasteiger partial charge is 0.378 e. The van der Waals surface area contributed by atoms with Gasteiger partial charge in [0.2, 0.25) is 0 Å². The Morgan fingerprint density at radius 3 is 2.35 bits per heavy atom. The van der Waals surface area contributed by atoms with Crippen molar-refractivity contribution in [2.24, 2.45) is 0 Å². The lowest BCUT2D eigenvalue weighted by molar-refractivity contribution is -0.122. The molecule has 0 unspecified atom stereocenters. The highest BCUT2D eigenvalue weighted by Crippen LogP contribution is 2.24. The van der Waals surface area contributed by atoms with Gasteiger partial charge in [0.25, 0.3) is 11.8 Å². The van der Waals surface area contributed by atoms with E-state index in [-0.39, 0.29) is 16.4 Å². The van der Waals surface area contributed by atoms with Gasteiger partial charge in [0, 0.05) is 19.8 Å². The lowest BCUT2D eigenvalue weighted by atomic mass is 10.1. The number of carbonyl (C=O) groups excluding carboxylic acids is 2. The summed E-state index contributed by atoms with van der Waals surface area (Å²) in [6.45, 7) is 0. The van der Waals surface area contributed by atoms with Crippen LogP contribution in [0.3, 0.4) is 0 Å². The van der Waals surface area contributed by atoms with Crippen LogP contribution in [0, 0.1) is 5.82 Å². The number of anilines is 2. The summed E-state index contributed by atoms with van der Waals surface area (Å²) in [6.07, 6.45) is 1.47. The molecule has 0 saturated carbocycles. The molecule has 0 aliphatic carbocycles. The van der Waals surface area contributed by atoms with E-state index in [1.54, 1.807) is 18.2 Å². The molecule has 3 rings (SSSR count). The number of benzene rings is 2. The molecule has 1 aliphatic rings. The normalized spacial score (nSPS) is 16.0. The zero-order valence-corrected chi connectivity index (χ0v) is 15.0. The highest BCUT2D eigenvalue weighted by atomic mass is 32.1. The number of nitrogens with one attached hydrogen (secondary N) is 1. The first kappa shape index (κ1) is 17.8. The summed E-state index contributed by atoms with van der Waals surface area (Å²) in [5.74, 6) is -1.88. The predicted octanol–water partition coefficient (Wildman–Crippen LogP) is 2.72. The van der Waals surface area contributed by atoms with E-state index in [1.165, 1.54) is 24.3 Å². The van der Waals surface area contributed by atoms with Crippen LogP contribution in [0.15, 0.2) is 54.1 Å². The van der Waals surface area contributed by atoms with Crippen molar-refractivity contribution in [1.29, 1.82) is 0 Å². The Hall–Kier alpha value is -3.06. The SMILES string of the molecule is CN(C)c1ccc(C=C2C(=O)NC(=S)N(c3ccccc3F)C2=O)cc1. The van der Waals surface area contributed by atoms with Crippen molar-refractivity contribution in [3.8, 4) is 0 Å². The Kier molecular flexibility index (Phi) is 4.81. The number of halogens is 1. The molecule has 0 atom stereocenters. The highest BCUT2D eigenvalue weighted by Gasteiger charge is 2.35. The van der Waals surface area contributed by atoms with Crippen molar-refractivity contribution >= 4 is 46.6 Å². The minimum Gasteiger partial charge on any atom is -0.378 e. The van der Waals surface area contributed by atoms with Crippen LogP contribution in [0.1, 0.15) is 5.56 Å². The first-order valence-electron chi connectivity index (χ1n) is 7.82. The maximum atomic E-state index is 14.1. The van der Waals surface area contributed by atoms with Crippen molar-refractivity contribution < 1.29 is 14.0 Å². The number of amides is 2. The zero-order chi connectivity index (χ0) is 18.8. The molecule has 2 amide bonds. The number of rotatable bonds is 3. The van der Waals surface area contributed by atoms with E-state index in [2.05, 4.69) is 5.32 Å². The molecule has 1 aliphatic heterocycles. The summed E-state index contributed by atoms with van der Waals surface area (Å²) in [5, 5.41) is 2.29. The summed E-state index contributed by atoms with van der Waals surface area (Å²) < 4.78 is 14.1. The van der Waals surface area contributed by atoms with Gasteiger partial charge in [-0.15, -0.1) is 0 Å². The van der Waals surface area contributed by atoms with Crippen LogP contribution in [-0.4, -0.2) is 31.0 Å². The minimum atomic E-state index is -0.666. The second-order valence-electron chi connectivity index (χ2n) is 5.90. The molecular weight excluding hydrogens is 353 g/mol. The molecule has 1 saturated heterocycles. The van der Waals surface area contributed by atoms with Gasteiger partial charge in [0.1, 0.15) is 11.4 Å². The molecule has 5 nitrogen and oxygen atoms in total. The van der Waals surface area contributed by atoms with Crippen molar-refractivity contribution in [1.82, 2.24) is 5.32 Å². The van der Waals surface area contributed by atoms with Gasteiger partial charge in [-0.3, -0.25) is 14.9 Å². The van der Waals surface area contributed by atoms with E-state index in [0.29, 0.717) is 5.56 Å². The Labute approximate surface area is 155 Å². The van der Waals surface area contributed by atoms with Crippen molar-refractivity contribution in [3.63, 3.8) is 0 Å². The monoisotopic (exact) mass is 369 g/mol. The highest BCUT2D eigenvalue weighted by molar-refractivity contribution is 7.80. The number of thiocarbonyl (C=S) groups is 1. The summed E-state index contributed by atoms with van der Waals surface area (Å²) in [6, 6.07) is 13.1. The minimum absolute atomic E-state index is 0.00337. The summed E-state index contributed by atoms with van der Waals surface area (Å²) in [4.78, 5) is 28.0. The standard InChI is InChI=1S/C19H16FN3O2S/c1-22(2)13-9-7-12(8-10-13)11-14-17(24)21-19(26)23(18(14)25)16-6-4-3-5-15(16)20/h3-11H,1-2H3,(H,21,24,26). The second-order valence-corrected chi connectivity index (χ2v) is 6.28. The maximum absolute atomic E-state index is 14.1. The van der Waals surface area contributed by atoms with Crippen LogP contribution in [-0.2, 0) is 9.59 Å². The van der Waals surface area contributed by atoms with Crippen molar-refractivity contribution in [3.05, 3.63) is 65.5 Å². The van der Waals surface area contributed by atoms with Crippen LogP contribution in [0.5, 0.6) is 0 Å². The van der Waals surface area contributed by atoms with Crippen molar-refractivity contribution in [2.45, 2.75) is 0 Å². The molecule has 1 N–H and O–H groups in total. The van der Waals surface area contributed by atoms with E-state index in [9.17, 15) is 14.0 Å². The van der Waals surface area contributed by atoms with Crippen LogP contribution < -0.4 is 15.1 Å². The summed E-state index contributed by atoms with van der Waals surface area (Å²) in [5.41, 5.74) is 1.55. The fraction of sp³-hybridized carbons (Fsp3) is 0.105. The molecule has 0 aromatic heterocycles. The predicted molar refractivity (Wildman–Crippen MR) is 103 cm³/mol. The number of carbonyl (C=O) groups is 2. The molecule has 0 spiro atoms. The number of hydrogen-bond donors (Lipinski definition) is 1. The zero-order valence-electron chi connectivity index (χ0n) is 14.2. The Morgan fingerprint density at radius 1 is 1.08 bits per heavy atom. The van der Waals surface area contributed by atoms with Gasteiger partial charge in [0.05, 0.1) is 5.69 Å². The molecule has 2 aromatic carbocycles. The van der Waals surface area contributed by atoms with Crippen molar-refractivity contribution in [2.75, 3.05) is 23.9 Å². The summed E-state index contributed by atoms with van der Waals surface area (Å²) in [7, 11) is 3.83. The molecular formula is C19H16FN3O2S. The van der Waals surface area contributed by atoms with Crippen LogP contribution in [0.25, 0.3) is 6.08 Å². The van der Waals surface area contributed by atoms with E-state index >= 15 is 0 Å². The van der Waals surface area contributed by atoms with E-state index < -0.39 is 17.6 Å². The average Bonchev–Trinajstić information content (AvgIpc) is 2.60. The fourth-order valence-corrected chi connectivity index (χ4v) is 2.82. The third-order valence-corrected chi connectivity index (χ3v) is 4.20. The lowest BCUT2D eigenvalue weighted by Crippen LogP contribution is -2.54. The molecule has 2 aromatic rings. The first-order valence-corrected chi connectivity index (χ1v) is 8.22. The van der Waals surface area contributed by atoms with Gasteiger partial charge in [-0.05, 0) is 48.1 Å². The molecule has 1 heterocycles. The van der Waals surface area contributed by atoms with E-state index in [0.717, 1.165) is 10.6 Å². The molecule has 0 radical (unpaired) electrons. The fourth-order valence-electron chi connectivity index (χ4n) is 2.54. The molecule has 0 bridgehead atoms. The van der Waals surface area contributed by atoms with Crippen LogP contribution in [0.2, 0.25) is 0 Å². The quantitative estimate of drug-likeness (QED) is 0.514. The smallest absolute Gasteiger partial charge is 0.270 e. The third-order valence-electron chi connectivity index (χ3n) is 3.92. The average molecular weight is 369 g/mol. The first-order chi connectivity index (χ1) is 12.4. The van der Waals surface area contributed by atoms with Gasteiger partial charge in [-0.25, -0.2) is 9.29 Å². The maximum Gasteiger partial charge on any atom is 0.270 e. The van der Waals surface area contributed by atoms with Gasteiger partial charge < -0.3 is 4.90 Å². The number of nitrogens with zero attached hydrogens (tertiary/aromatic N) is 2.